The molecule has 0 aliphatic heterocycles. The lowest BCUT2D eigenvalue weighted by Gasteiger charge is -2.31. The smallest absolute Gasteiger partial charge is 0.411 e. The molecule has 0 fully saturated rings. The van der Waals surface area contributed by atoms with Gasteiger partial charge in [-0.3, -0.25) is 0 Å². The maximum atomic E-state index is 12.4. The molecule has 20 heavy (non-hydrogen) atoms. The van der Waals surface area contributed by atoms with Crippen LogP contribution in [0.25, 0.3) is 0 Å². The fourth-order valence-corrected chi connectivity index (χ4v) is 2.22. The maximum absolute atomic E-state index is 12.4. The zero-order chi connectivity index (χ0) is 15.1. The van der Waals surface area contributed by atoms with Gasteiger partial charge < -0.3 is 9.64 Å². The van der Waals surface area contributed by atoms with Crippen LogP contribution in [0, 0.1) is 0 Å². The van der Waals surface area contributed by atoms with Crippen LogP contribution in [0.4, 0.5) is 4.79 Å². The summed E-state index contributed by atoms with van der Waals surface area (Å²) in [5.74, 6) is 0. The topological polar surface area (TPSA) is 29.5 Å². The summed E-state index contributed by atoms with van der Waals surface area (Å²) in [6.45, 7) is 9.90. The average Bonchev–Trinajstić information content (AvgIpc) is 2.38. The van der Waals surface area contributed by atoms with Gasteiger partial charge in [0.15, 0.2) is 0 Å². The second-order valence-electron chi connectivity index (χ2n) is 5.34. The van der Waals surface area contributed by atoms with E-state index in [-0.39, 0.29) is 24.3 Å². The van der Waals surface area contributed by atoms with E-state index in [1.807, 2.05) is 77.1 Å². The van der Waals surface area contributed by atoms with Gasteiger partial charge in [-0.15, -0.1) is 0 Å². The summed E-state index contributed by atoms with van der Waals surface area (Å²) < 4.78 is 5.66. The summed E-state index contributed by atoms with van der Waals surface area (Å²) in [4.78, 5) is 14.1. The maximum Gasteiger partial charge on any atom is 0.411 e. The largest absolute Gasteiger partial charge is 0.437 e. The van der Waals surface area contributed by atoms with Crippen LogP contribution < -0.4 is 0 Å². The van der Waals surface area contributed by atoms with Crippen molar-refractivity contribution in [3.8, 4) is 0 Å². The van der Waals surface area contributed by atoms with Crippen molar-refractivity contribution >= 4 is 6.09 Å². The number of rotatable bonds is 5. The normalized spacial score (nSPS) is 12.9. The van der Waals surface area contributed by atoms with Gasteiger partial charge in [-0.25, -0.2) is 4.79 Å². The number of ether oxygens (including phenoxy) is 1. The zero-order valence-corrected chi connectivity index (χ0v) is 13.0. The van der Waals surface area contributed by atoms with Crippen molar-refractivity contribution in [2.75, 3.05) is 0 Å². The molecule has 1 amide bonds. The van der Waals surface area contributed by atoms with E-state index in [0.717, 1.165) is 5.56 Å². The van der Waals surface area contributed by atoms with Crippen LogP contribution in [-0.2, 0) is 4.74 Å². The average molecular weight is 275 g/mol. The Hall–Kier alpha value is -1.77. The van der Waals surface area contributed by atoms with Gasteiger partial charge in [-0.05, 0) is 46.3 Å². The molecule has 0 bridgehead atoms. The molecule has 0 aromatic heterocycles. The summed E-state index contributed by atoms with van der Waals surface area (Å²) in [6.07, 6.45) is 3.18. The highest BCUT2D eigenvalue weighted by atomic mass is 16.6. The molecular formula is C17H25NO2. The van der Waals surface area contributed by atoms with Crippen molar-refractivity contribution in [3.63, 3.8) is 0 Å². The van der Waals surface area contributed by atoms with Gasteiger partial charge in [-0.2, -0.15) is 0 Å². The molecular weight excluding hydrogens is 250 g/mol. The van der Waals surface area contributed by atoms with E-state index in [1.165, 1.54) is 0 Å². The number of hydrogen-bond acceptors (Lipinski definition) is 2. The van der Waals surface area contributed by atoms with E-state index in [1.54, 1.807) is 4.90 Å². The first-order chi connectivity index (χ1) is 9.47. The summed E-state index contributed by atoms with van der Waals surface area (Å²) in [6, 6.07) is 10.0. The molecule has 0 saturated carbocycles. The Labute approximate surface area is 122 Å². The third kappa shape index (κ3) is 4.41. The molecule has 1 atom stereocenters. The molecule has 0 aliphatic rings. The first kappa shape index (κ1) is 16.3. The summed E-state index contributed by atoms with van der Waals surface area (Å²) in [7, 11) is 0. The summed E-state index contributed by atoms with van der Waals surface area (Å²) >= 11 is 0. The third-order valence-corrected chi connectivity index (χ3v) is 3.05. The minimum atomic E-state index is -0.339. The van der Waals surface area contributed by atoms with Crippen molar-refractivity contribution in [1.82, 2.24) is 4.90 Å². The molecule has 3 heteroatoms. The lowest BCUT2D eigenvalue weighted by atomic mass is 10.1. The van der Waals surface area contributed by atoms with Crippen LogP contribution in [0.3, 0.4) is 0 Å². The van der Waals surface area contributed by atoms with Crippen LogP contribution in [-0.4, -0.2) is 23.1 Å². The molecule has 3 nitrogen and oxygen atoms in total. The molecule has 1 rings (SSSR count). The first-order valence-electron chi connectivity index (χ1n) is 7.14. The number of hydrogen-bond donors (Lipinski definition) is 0. The standard InChI is InChI=1S/C17H25NO2/c1-6-10-16(15-11-8-7-9-12-15)20-17(19)18(13(2)3)14(4)5/h6-14,16H,1-5H3/b10-6+/t16-/m0/s1. The summed E-state index contributed by atoms with van der Waals surface area (Å²) in [5, 5.41) is 0. The lowest BCUT2D eigenvalue weighted by Crippen LogP contribution is -2.42. The molecule has 0 spiro atoms. The highest BCUT2D eigenvalue weighted by Crippen LogP contribution is 2.21. The highest BCUT2D eigenvalue weighted by molar-refractivity contribution is 5.69. The predicted molar refractivity (Wildman–Crippen MR) is 82.6 cm³/mol. The molecule has 0 radical (unpaired) electrons. The van der Waals surface area contributed by atoms with Crippen molar-refractivity contribution in [2.45, 2.75) is 52.8 Å². The molecule has 0 unspecified atom stereocenters. The van der Waals surface area contributed by atoms with Gasteiger partial charge in [-0.1, -0.05) is 36.4 Å². The van der Waals surface area contributed by atoms with Crippen LogP contribution in [0.15, 0.2) is 42.5 Å². The van der Waals surface area contributed by atoms with E-state index < -0.39 is 0 Å². The minimum Gasteiger partial charge on any atom is -0.437 e. The Bertz CT molecular complexity index is 430. The van der Waals surface area contributed by atoms with Crippen molar-refractivity contribution < 1.29 is 9.53 Å². The molecule has 1 aromatic rings. The van der Waals surface area contributed by atoms with Gasteiger partial charge in [0.2, 0.25) is 0 Å². The highest BCUT2D eigenvalue weighted by Gasteiger charge is 2.24. The van der Waals surface area contributed by atoms with E-state index in [9.17, 15) is 4.79 Å². The molecule has 1 aromatic carbocycles. The fourth-order valence-electron chi connectivity index (χ4n) is 2.22. The summed E-state index contributed by atoms with van der Waals surface area (Å²) in [5.41, 5.74) is 0.978. The van der Waals surface area contributed by atoms with Crippen LogP contribution in [0.1, 0.15) is 46.3 Å². The Balaban J connectivity index is 2.88. The predicted octanol–water partition coefficient (Wildman–Crippen LogP) is 4.56. The number of carbonyl (C=O) groups excluding carboxylic acids is 1. The Kier molecular flexibility index (Phi) is 6.29. The first-order valence-corrected chi connectivity index (χ1v) is 7.14. The van der Waals surface area contributed by atoms with E-state index >= 15 is 0 Å². The molecule has 0 aliphatic carbocycles. The van der Waals surface area contributed by atoms with E-state index in [4.69, 9.17) is 4.74 Å². The van der Waals surface area contributed by atoms with Crippen LogP contribution in [0.2, 0.25) is 0 Å². The second-order valence-corrected chi connectivity index (χ2v) is 5.34. The molecule has 0 saturated heterocycles. The number of benzene rings is 1. The molecule has 0 N–H and O–H groups in total. The van der Waals surface area contributed by atoms with Crippen LogP contribution in [0.5, 0.6) is 0 Å². The van der Waals surface area contributed by atoms with Gasteiger partial charge in [0, 0.05) is 12.1 Å². The molecule has 0 heterocycles. The zero-order valence-electron chi connectivity index (χ0n) is 13.0. The van der Waals surface area contributed by atoms with Crippen LogP contribution >= 0.6 is 0 Å². The number of carbonyl (C=O) groups is 1. The van der Waals surface area contributed by atoms with Crippen molar-refractivity contribution in [2.24, 2.45) is 0 Å². The number of allylic oxidation sites excluding steroid dienone is 1. The van der Waals surface area contributed by atoms with Gasteiger partial charge >= 0.3 is 6.09 Å². The lowest BCUT2D eigenvalue weighted by molar-refractivity contribution is 0.0599. The van der Waals surface area contributed by atoms with Gasteiger partial charge in [0.1, 0.15) is 6.10 Å². The Morgan fingerprint density at radius 3 is 2.10 bits per heavy atom. The quantitative estimate of drug-likeness (QED) is 0.737. The van der Waals surface area contributed by atoms with Crippen molar-refractivity contribution in [1.29, 1.82) is 0 Å². The van der Waals surface area contributed by atoms with Gasteiger partial charge in [0.05, 0.1) is 0 Å². The number of amides is 1. The van der Waals surface area contributed by atoms with Gasteiger partial charge in [0.25, 0.3) is 0 Å². The Morgan fingerprint density at radius 1 is 1.10 bits per heavy atom. The number of nitrogens with zero attached hydrogens (tertiary/aromatic N) is 1. The fraction of sp³-hybridized carbons (Fsp3) is 0.471. The SMILES string of the molecule is C/C=C/[C@H](OC(=O)N(C(C)C)C(C)C)c1ccccc1. The van der Waals surface area contributed by atoms with E-state index in [2.05, 4.69) is 0 Å². The Morgan fingerprint density at radius 2 is 1.65 bits per heavy atom. The molecule has 110 valence electrons. The van der Waals surface area contributed by atoms with Crippen molar-refractivity contribution in [3.05, 3.63) is 48.0 Å². The minimum absolute atomic E-state index is 0.115. The monoisotopic (exact) mass is 275 g/mol. The van der Waals surface area contributed by atoms with E-state index in [0.29, 0.717) is 0 Å². The second kappa shape index (κ2) is 7.73. The third-order valence-electron chi connectivity index (χ3n) is 3.05.